The molecule has 1 N–H and O–H groups in total. The van der Waals surface area contributed by atoms with E-state index in [1.807, 2.05) is 58.8 Å². The average Bonchev–Trinajstić information content (AvgIpc) is 3.38. The lowest BCUT2D eigenvalue weighted by atomic mass is 10.1. The monoisotopic (exact) mass is 381 g/mol. The first-order valence-corrected chi connectivity index (χ1v) is 9.86. The van der Waals surface area contributed by atoms with E-state index in [0.717, 1.165) is 40.4 Å². The number of para-hydroxylation sites is 1. The Kier molecular flexibility index (Phi) is 3.72. The zero-order chi connectivity index (χ0) is 17.7. The predicted octanol–water partition coefficient (Wildman–Crippen LogP) is 5.19. The minimum absolute atomic E-state index is 0.0906. The molecule has 6 heteroatoms. The van der Waals surface area contributed by atoms with Crippen molar-refractivity contribution in [3.63, 3.8) is 0 Å². The summed E-state index contributed by atoms with van der Waals surface area (Å²) in [6, 6.07) is 15.7. The highest BCUT2D eigenvalue weighted by molar-refractivity contribution is 7.13. The van der Waals surface area contributed by atoms with Crippen molar-refractivity contribution < 1.29 is 4.79 Å². The minimum Gasteiger partial charge on any atom is -0.359 e. The molecular formula is C20H16ClN3OS. The zero-order valence-corrected chi connectivity index (χ0v) is 15.4. The van der Waals surface area contributed by atoms with Gasteiger partial charge in [-0.15, -0.1) is 11.3 Å². The second-order valence-corrected chi connectivity index (χ2v) is 7.92. The number of aromatic nitrogens is 1. The molecule has 5 rings (SSSR count). The maximum absolute atomic E-state index is 13.0. The van der Waals surface area contributed by atoms with E-state index in [4.69, 9.17) is 16.6 Å². The van der Waals surface area contributed by atoms with Gasteiger partial charge in [0.05, 0.1) is 11.3 Å². The number of thiazole rings is 1. The second-order valence-electron chi connectivity index (χ2n) is 6.62. The molecule has 1 saturated carbocycles. The summed E-state index contributed by atoms with van der Waals surface area (Å²) in [5.74, 6) is 0.0906. The van der Waals surface area contributed by atoms with Gasteiger partial charge in [0.2, 0.25) is 0 Å². The third-order valence-corrected chi connectivity index (χ3v) is 5.96. The average molecular weight is 382 g/mol. The summed E-state index contributed by atoms with van der Waals surface area (Å²) >= 11 is 7.57. The molecule has 1 atom stereocenters. The Labute approximate surface area is 160 Å². The highest BCUT2D eigenvalue weighted by Gasteiger charge is 2.42. The Bertz CT molecular complexity index is 981. The van der Waals surface area contributed by atoms with Gasteiger partial charge in [-0.3, -0.25) is 4.79 Å². The highest BCUT2D eigenvalue weighted by Crippen LogP contribution is 2.41. The van der Waals surface area contributed by atoms with Crippen molar-refractivity contribution in [2.45, 2.75) is 25.0 Å². The molecule has 1 aromatic heterocycles. The number of carbonyl (C=O) groups excluding carboxylic acids is 1. The molecule has 0 saturated heterocycles. The van der Waals surface area contributed by atoms with Gasteiger partial charge in [0.15, 0.2) is 0 Å². The van der Waals surface area contributed by atoms with Gasteiger partial charge in [-0.1, -0.05) is 35.9 Å². The maximum atomic E-state index is 13.0. The first-order chi connectivity index (χ1) is 12.7. The van der Waals surface area contributed by atoms with Crippen LogP contribution in [-0.2, 0) is 0 Å². The van der Waals surface area contributed by atoms with Crippen molar-refractivity contribution in [3.8, 4) is 10.6 Å². The number of anilines is 1. The topological polar surface area (TPSA) is 45.2 Å². The van der Waals surface area contributed by atoms with Gasteiger partial charge in [0.25, 0.3) is 5.91 Å². The molecule has 0 radical (unpaired) electrons. The quantitative estimate of drug-likeness (QED) is 0.678. The van der Waals surface area contributed by atoms with Gasteiger partial charge in [-0.2, -0.15) is 0 Å². The molecule has 1 amide bonds. The van der Waals surface area contributed by atoms with Crippen LogP contribution >= 0.6 is 22.9 Å². The Morgan fingerprint density at radius 1 is 1.12 bits per heavy atom. The second kappa shape index (κ2) is 6.11. The van der Waals surface area contributed by atoms with Crippen LogP contribution in [-0.4, -0.2) is 21.8 Å². The van der Waals surface area contributed by atoms with Crippen LogP contribution in [0.5, 0.6) is 0 Å². The third-order valence-electron chi connectivity index (χ3n) is 4.80. The summed E-state index contributed by atoms with van der Waals surface area (Å²) in [6.07, 6.45) is 1.89. The lowest BCUT2D eigenvalue weighted by Crippen LogP contribution is -2.44. The lowest BCUT2D eigenvalue weighted by molar-refractivity contribution is 0.0663. The van der Waals surface area contributed by atoms with Crippen molar-refractivity contribution in [3.05, 3.63) is 70.2 Å². The Balaban J connectivity index is 1.52. The Morgan fingerprint density at radius 3 is 2.65 bits per heavy atom. The number of rotatable bonds is 3. The molecule has 130 valence electrons. The van der Waals surface area contributed by atoms with E-state index in [2.05, 4.69) is 5.32 Å². The van der Waals surface area contributed by atoms with Crippen molar-refractivity contribution in [2.75, 3.05) is 5.32 Å². The van der Waals surface area contributed by atoms with E-state index in [9.17, 15) is 4.79 Å². The molecule has 3 aromatic rings. The molecule has 26 heavy (non-hydrogen) atoms. The predicted molar refractivity (Wildman–Crippen MR) is 105 cm³/mol. The normalized spacial score (nSPS) is 19.2. The molecule has 2 aromatic carbocycles. The molecule has 4 nitrogen and oxygen atoms in total. The van der Waals surface area contributed by atoms with E-state index in [-0.39, 0.29) is 12.1 Å². The molecule has 0 bridgehead atoms. The summed E-state index contributed by atoms with van der Waals surface area (Å²) in [4.78, 5) is 19.8. The fourth-order valence-electron chi connectivity index (χ4n) is 3.35. The molecule has 0 spiro atoms. The molecule has 1 unspecified atom stereocenters. The summed E-state index contributed by atoms with van der Waals surface area (Å²) in [6.45, 7) is 0. The third kappa shape index (κ3) is 2.68. The van der Waals surface area contributed by atoms with Crippen LogP contribution < -0.4 is 5.32 Å². The largest absolute Gasteiger partial charge is 0.359 e. The first kappa shape index (κ1) is 15.9. The first-order valence-electron chi connectivity index (χ1n) is 8.60. The van der Waals surface area contributed by atoms with Gasteiger partial charge in [0, 0.05) is 27.7 Å². The summed E-state index contributed by atoms with van der Waals surface area (Å²) in [7, 11) is 0. The highest BCUT2D eigenvalue weighted by atomic mass is 35.5. The molecule has 1 aliphatic carbocycles. The number of benzene rings is 2. The fourth-order valence-corrected chi connectivity index (χ4v) is 4.32. The zero-order valence-electron chi connectivity index (χ0n) is 13.9. The van der Waals surface area contributed by atoms with Crippen LogP contribution in [0.15, 0.2) is 53.9 Å². The van der Waals surface area contributed by atoms with E-state index >= 15 is 0 Å². The van der Waals surface area contributed by atoms with Crippen LogP contribution in [0.3, 0.4) is 0 Å². The number of fused-ring (bicyclic) bond motifs is 1. The van der Waals surface area contributed by atoms with Gasteiger partial charge >= 0.3 is 0 Å². The van der Waals surface area contributed by atoms with Crippen LogP contribution in [0.2, 0.25) is 5.02 Å². The van der Waals surface area contributed by atoms with Gasteiger partial charge in [-0.05, 0) is 37.1 Å². The van der Waals surface area contributed by atoms with Crippen molar-refractivity contribution in [2.24, 2.45) is 0 Å². The number of hydrogen-bond donors (Lipinski definition) is 1. The van der Waals surface area contributed by atoms with Crippen LogP contribution in [0, 0.1) is 0 Å². The minimum atomic E-state index is -0.220. The number of nitrogens with one attached hydrogen (secondary N) is 1. The maximum Gasteiger partial charge on any atom is 0.258 e. The molecule has 1 aliphatic heterocycles. The summed E-state index contributed by atoms with van der Waals surface area (Å²) in [5.41, 5.74) is 3.53. The molecule has 2 heterocycles. The molecular weight excluding hydrogens is 366 g/mol. The van der Waals surface area contributed by atoms with Crippen LogP contribution in [0.25, 0.3) is 10.6 Å². The van der Waals surface area contributed by atoms with Gasteiger partial charge in [-0.25, -0.2) is 4.98 Å². The van der Waals surface area contributed by atoms with Crippen molar-refractivity contribution >= 4 is 34.5 Å². The standard InChI is InChI=1S/C20H16ClN3OS/c21-13-7-5-12(6-8-13)19-23-17(11-26-19)18-22-16-4-2-1-3-15(16)20(25)24(18)14-9-10-14/h1-8,11,14,18,22H,9-10H2. The van der Waals surface area contributed by atoms with Crippen LogP contribution in [0.4, 0.5) is 5.69 Å². The molecule has 2 aliphatic rings. The Hall–Kier alpha value is -2.37. The van der Waals surface area contributed by atoms with E-state index in [1.165, 1.54) is 0 Å². The molecule has 1 fully saturated rings. The van der Waals surface area contributed by atoms with Crippen LogP contribution in [0.1, 0.15) is 35.1 Å². The van der Waals surface area contributed by atoms with Crippen molar-refractivity contribution in [1.29, 1.82) is 0 Å². The lowest BCUT2D eigenvalue weighted by Gasteiger charge is -2.37. The summed E-state index contributed by atoms with van der Waals surface area (Å²) in [5, 5.41) is 7.20. The fraction of sp³-hybridized carbons (Fsp3) is 0.200. The van der Waals surface area contributed by atoms with E-state index < -0.39 is 0 Å². The number of nitrogens with zero attached hydrogens (tertiary/aromatic N) is 2. The number of carbonyl (C=O) groups is 1. The number of amides is 1. The Morgan fingerprint density at radius 2 is 1.88 bits per heavy atom. The number of halogens is 1. The van der Waals surface area contributed by atoms with Gasteiger partial charge < -0.3 is 10.2 Å². The summed E-state index contributed by atoms with van der Waals surface area (Å²) < 4.78 is 0. The smallest absolute Gasteiger partial charge is 0.258 e. The van der Waals surface area contributed by atoms with Gasteiger partial charge in [0.1, 0.15) is 11.2 Å². The SMILES string of the molecule is O=C1c2ccccc2NC(c2csc(-c3ccc(Cl)cc3)n2)N1C1CC1. The van der Waals surface area contributed by atoms with Crippen molar-refractivity contribution in [1.82, 2.24) is 9.88 Å². The van der Waals surface area contributed by atoms with E-state index in [1.54, 1.807) is 11.3 Å². The number of hydrogen-bond acceptors (Lipinski definition) is 4. The van der Waals surface area contributed by atoms with E-state index in [0.29, 0.717) is 11.1 Å².